The van der Waals surface area contributed by atoms with Gasteiger partial charge < -0.3 is 15.2 Å². The van der Waals surface area contributed by atoms with Gasteiger partial charge in [0.25, 0.3) is 0 Å². The van der Waals surface area contributed by atoms with E-state index < -0.39 is 11.9 Å². The summed E-state index contributed by atoms with van der Waals surface area (Å²) >= 11 is 0. The molecule has 1 unspecified atom stereocenters. The first kappa shape index (κ1) is 18.5. The zero-order valence-corrected chi connectivity index (χ0v) is 14.3. The van der Waals surface area contributed by atoms with Crippen molar-refractivity contribution in [3.8, 4) is 5.75 Å². The van der Waals surface area contributed by atoms with Gasteiger partial charge in [-0.2, -0.15) is 0 Å². The molecule has 2 aromatic rings. The third-order valence-corrected chi connectivity index (χ3v) is 3.82. The minimum absolute atomic E-state index is 0.111. The molecular formula is C20H23NO4. The van der Waals surface area contributed by atoms with Gasteiger partial charge in [-0.3, -0.25) is 9.59 Å². The van der Waals surface area contributed by atoms with E-state index in [2.05, 4.69) is 5.32 Å². The second-order valence-corrected chi connectivity index (χ2v) is 5.78. The number of benzene rings is 2. The standard InChI is InChI=1S/C20H23NO4/c1-2-25-18-10-8-16(9-11-18)13-19(22)21-14-17(20(23)24)12-15-6-4-3-5-7-15/h3-11,17H,2,12-14H2,1H3,(H,21,22)(H,23,24). The van der Waals surface area contributed by atoms with Crippen LogP contribution in [0.15, 0.2) is 54.6 Å². The monoisotopic (exact) mass is 341 g/mol. The molecule has 2 aromatic carbocycles. The van der Waals surface area contributed by atoms with E-state index in [4.69, 9.17) is 4.74 Å². The Morgan fingerprint density at radius 3 is 2.32 bits per heavy atom. The first-order valence-electron chi connectivity index (χ1n) is 8.33. The van der Waals surface area contributed by atoms with Gasteiger partial charge in [0.15, 0.2) is 0 Å². The van der Waals surface area contributed by atoms with Gasteiger partial charge in [-0.1, -0.05) is 42.5 Å². The van der Waals surface area contributed by atoms with Crippen LogP contribution in [0, 0.1) is 5.92 Å². The van der Waals surface area contributed by atoms with Gasteiger partial charge in [-0.05, 0) is 36.6 Å². The number of hydrogen-bond donors (Lipinski definition) is 2. The molecule has 0 aromatic heterocycles. The van der Waals surface area contributed by atoms with Crippen LogP contribution < -0.4 is 10.1 Å². The first-order chi connectivity index (χ1) is 12.1. The Bertz CT molecular complexity index is 683. The summed E-state index contributed by atoms with van der Waals surface area (Å²) in [6.45, 7) is 2.62. The molecule has 2 N–H and O–H groups in total. The zero-order chi connectivity index (χ0) is 18.1. The van der Waals surface area contributed by atoms with Crippen LogP contribution in [-0.4, -0.2) is 30.1 Å². The number of amides is 1. The highest BCUT2D eigenvalue weighted by Crippen LogP contribution is 2.13. The maximum atomic E-state index is 12.1. The Morgan fingerprint density at radius 2 is 1.72 bits per heavy atom. The summed E-state index contributed by atoms with van der Waals surface area (Å²) in [6.07, 6.45) is 0.601. The van der Waals surface area contributed by atoms with Crippen molar-refractivity contribution in [2.45, 2.75) is 19.8 Å². The van der Waals surface area contributed by atoms with Crippen LogP contribution in [0.4, 0.5) is 0 Å². The molecule has 0 bridgehead atoms. The summed E-state index contributed by atoms with van der Waals surface area (Å²) in [6, 6.07) is 16.7. The van der Waals surface area contributed by atoms with E-state index in [9.17, 15) is 14.7 Å². The number of carboxylic acids is 1. The highest BCUT2D eigenvalue weighted by atomic mass is 16.5. The van der Waals surface area contributed by atoms with Crippen molar-refractivity contribution in [2.24, 2.45) is 5.92 Å². The summed E-state index contributed by atoms with van der Waals surface area (Å²) in [5.41, 5.74) is 1.80. The van der Waals surface area contributed by atoms with Crippen molar-refractivity contribution < 1.29 is 19.4 Å². The Morgan fingerprint density at radius 1 is 1.04 bits per heavy atom. The molecule has 132 valence electrons. The van der Waals surface area contributed by atoms with Crippen LogP contribution in [-0.2, 0) is 22.4 Å². The maximum Gasteiger partial charge on any atom is 0.308 e. The van der Waals surface area contributed by atoms with Crippen molar-refractivity contribution in [1.82, 2.24) is 5.32 Å². The highest BCUT2D eigenvalue weighted by molar-refractivity contribution is 5.79. The molecule has 1 amide bonds. The van der Waals surface area contributed by atoms with Crippen LogP contribution in [0.3, 0.4) is 0 Å². The van der Waals surface area contributed by atoms with Crippen LogP contribution in [0.1, 0.15) is 18.1 Å². The van der Waals surface area contributed by atoms with E-state index in [1.54, 1.807) is 0 Å². The van der Waals surface area contributed by atoms with E-state index in [0.717, 1.165) is 16.9 Å². The summed E-state index contributed by atoms with van der Waals surface area (Å²) in [4.78, 5) is 23.5. The Labute approximate surface area is 147 Å². The minimum Gasteiger partial charge on any atom is -0.494 e. The number of hydrogen-bond acceptors (Lipinski definition) is 3. The SMILES string of the molecule is CCOc1ccc(CC(=O)NCC(Cc2ccccc2)C(=O)O)cc1. The number of carboxylic acid groups (broad SMARTS) is 1. The van der Waals surface area contributed by atoms with Gasteiger partial charge in [-0.25, -0.2) is 0 Å². The van der Waals surface area contributed by atoms with Crippen molar-refractivity contribution in [2.75, 3.05) is 13.2 Å². The third-order valence-electron chi connectivity index (χ3n) is 3.82. The number of rotatable bonds is 9. The van der Waals surface area contributed by atoms with Gasteiger partial charge in [0.05, 0.1) is 18.9 Å². The fourth-order valence-electron chi connectivity index (χ4n) is 2.50. The topological polar surface area (TPSA) is 75.6 Å². The lowest BCUT2D eigenvalue weighted by Gasteiger charge is -2.14. The lowest BCUT2D eigenvalue weighted by molar-refractivity contribution is -0.141. The molecule has 0 aliphatic heterocycles. The predicted octanol–water partition coefficient (Wildman–Crippen LogP) is 2.69. The minimum atomic E-state index is -0.912. The van der Waals surface area contributed by atoms with Gasteiger partial charge in [0.1, 0.15) is 5.75 Å². The second kappa shape index (κ2) is 9.47. The van der Waals surface area contributed by atoms with Crippen molar-refractivity contribution >= 4 is 11.9 Å². The lowest BCUT2D eigenvalue weighted by atomic mass is 9.99. The average Bonchev–Trinajstić information content (AvgIpc) is 2.61. The molecule has 25 heavy (non-hydrogen) atoms. The van der Waals surface area contributed by atoms with Gasteiger partial charge >= 0.3 is 5.97 Å². The van der Waals surface area contributed by atoms with Gasteiger partial charge in [-0.15, -0.1) is 0 Å². The van der Waals surface area contributed by atoms with Crippen LogP contribution >= 0.6 is 0 Å². The van der Waals surface area contributed by atoms with Crippen molar-refractivity contribution in [3.63, 3.8) is 0 Å². The molecule has 0 spiro atoms. The molecule has 0 saturated heterocycles. The molecule has 0 heterocycles. The third kappa shape index (κ3) is 6.30. The van der Waals surface area contributed by atoms with Crippen molar-refractivity contribution in [3.05, 3.63) is 65.7 Å². The van der Waals surface area contributed by atoms with Crippen LogP contribution in [0.2, 0.25) is 0 Å². The zero-order valence-electron chi connectivity index (χ0n) is 14.3. The smallest absolute Gasteiger partial charge is 0.308 e. The number of carbonyl (C=O) groups is 2. The Balaban J connectivity index is 1.85. The number of carbonyl (C=O) groups excluding carboxylic acids is 1. The number of ether oxygens (including phenoxy) is 1. The summed E-state index contributed by atoms with van der Waals surface area (Å²) in [7, 11) is 0. The number of nitrogens with one attached hydrogen (secondary N) is 1. The summed E-state index contributed by atoms with van der Waals surface area (Å²) < 4.78 is 5.36. The predicted molar refractivity (Wildman–Crippen MR) is 95.6 cm³/mol. The van der Waals surface area contributed by atoms with E-state index in [1.165, 1.54) is 0 Å². The second-order valence-electron chi connectivity index (χ2n) is 5.78. The quantitative estimate of drug-likeness (QED) is 0.735. The van der Waals surface area contributed by atoms with Crippen molar-refractivity contribution in [1.29, 1.82) is 0 Å². The van der Waals surface area contributed by atoms with E-state index in [-0.39, 0.29) is 18.9 Å². The summed E-state index contributed by atoms with van der Waals surface area (Å²) in [5, 5.41) is 12.1. The molecule has 2 rings (SSSR count). The maximum absolute atomic E-state index is 12.1. The lowest BCUT2D eigenvalue weighted by Crippen LogP contribution is -2.34. The van der Waals surface area contributed by atoms with Gasteiger partial charge in [0.2, 0.25) is 5.91 Å². The van der Waals surface area contributed by atoms with Gasteiger partial charge in [0, 0.05) is 6.54 Å². The normalized spacial score (nSPS) is 11.6. The summed E-state index contributed by atoms with van der Waals surface area (Å²) in [5.74, 6) is -0.985. The van der Waals surface area contributed by atoms with E-state index >= 15 is 0 Å². The molecule has 0 aliphatic rings. The molecule has 5 heteroatoms. The Kier molecular flexibility index (Phi) is 7.01. The molecule has 0 saturated carbocycles. The molecule has 5 nitrogen and oxygen atoms in total. The average molecular weight is 341 g/mol. The molecule has 0 aliphatic carbocycles. The molecule has 1 atom stereocenters. The van der Waals surface area contributed by atoms with Crippen LogP contribution in [0.5, 0.6) is 5.75 Å². The fourth-order valence-corrected chi connectivity index (χ4v) is 2.50. The Hall–Kier alpha value is -2.82. The largest absolute Gasteiger partial charge is 0.494 e. The fraction of sp³-hybridized carbons (Fsp3) is 0.300. The molecule has 0 radical (unpaired) electrons. The highest BCUT2D eigenvalue weighted by Gasteiger charge is 2.19. The number of aliphatic carboxylic acids is 1. The molecule has 0 fully saturated rings. The van der Waals surface area contributed by atoms with E-state index in [0.29, 0.717) is 13.0 Å². The van der Waals surface area contributed by atoms with Crippen LogP contribution in [0.25, 0.3) is 0 Å². The first-order valence-corrected chi connectivity index (χ1v) is 8.33. The van der Waals surface area contributed by atoms with E-state index in [1.807, 2.05) is 61.5 Å². The molecular weight excluding hydrogens is 318 g/mol.